The topological polar surface area (TPSA) is 46.1 Å². The minimum Gasteiger partial charge on any atom is -0.348 e. The molecule has 1 fully saturated rings. The average Bonchev–Trinajstić information content (AvgIpc) is 2.74. The molecule has 160 valence electrons. The fourth-order valence-electron chi connectivity index (χ4n) is 4.60. The van der Waals surface area contributed by atoms with Gasteiger partial charge >= 0.3 is 0 Å². The molecule has 3 aromatic rings. The summed E-state index contributed by atoms with van der Waals surface area (Å²) in [5, 5.41) is 1.56. The van der Waals surface area contributed by atoms with Gasteiger partial charge in [0, 0.05) is 35.1 Å². The molecule has 1 aliphatic rings. The van der Waals surface area contributed by atoms with Crippen molar-refractivity contribution in [3.05, 3.63) is 87.2 Å². The number of nitrogens with zero attached hydrogens (tertiary/aromatic N) is 3. The third-order valence-electron chi connectivity index (χ3n) is 5.95. The lowest BCUT2D eigenvalue weighted by Gasteiger charge is -2.50. The summed E-state index contributed by atoms with van der Waals surface area (Å²) >= 11 is 18.7. The standard InChI is InChI=1S/C24H22Cl3N3O/c1-24(10-12-31)14-20(17-3-2-4-19(26)13-17)22(16-5-7-18(25)8-6-16)30(15-24)21-9-11-28-23(27)29-21/h2-9,11-13,20,22H,10,14-15H2,1H3/t20-,22?,24+/m1/s1. The first kappa shape index (κ1) is 22.1. The molecule has 0 aliphatic carbocycles. The molecular weight excluding hydrogens is 453 g/mol. The van der Waals surface area contributed by atoms with Crippen molar-refractivity contribution in [3.63, 3.8) is 0 Å². The predicted octanol–water partition coefficient (Wildman–Crippen LogP) is 6.77. The molecule has 31 heavy (non-hydrogen) atoms. The van der Waals surface area contributed by atoms with Gasteiger partial charge in [0.25, 0.3) is 0 Å². The number of aldehydes is 1. The van der Waals surface area contributed by atoms with Gasteiger partial charge in [-0.15, -0.1) is 0 Å². The molecule has 1 saturated heterocycles. The fourth-order valence-corrected chi connectivity index (χ4v) is 5.07. The molecule has 0 spiro atoms. The summed E-state index contributed by atoms with van der Waals surface area (Å²) in [6.45, 7) is 2.80. The zero-order chi connectivity index (χ0) is 22.0. The number of aromatic nitrogens is 2. The van der Waals surface area contributed by atoms with E-state index in [1.165, 1.54) is 0 Å². The highest BCUT2D eigenvalue weighted by molar-refractivity contribution is 6.30. The normalized spacial score (nSPS) is 23.5. The van der Waals surface area contributed by atoms with Crippen LogP contribution >= 0.6 is 34.8 Å². The van der Waals surface area contributed by atoms with Crippen LogP contribution in [0.3, 0.4) is 0 Å². The van der Waals surface area contributed by atoms with Crippen molar-refractivity contribution in [1.82, 2.24) is 9.97 Å². The van der Waals surface area contributed by atoms with E-state index in [0.29, 0.717) is 23.0 Å². The van der Waals surface area contributed by atoms with E-state index in [9.17, 15) is 4.79 Å². The first-order valence-electron chi connectivity index (χ1n) is 10.1. The van der Waals surface area contributed by atoms with Crippen molar-refractivity contribution >= 4 is 46.9 Å². The number of anilines is 1. The first-order valence-corrected chi connectivity index (χ1v) is 11.2. The highest BCUT2D eigenvalue weighted by atomic mass is 35.5. The van der Waals surface area contributed by atoms with Gasteiger partial charge in [0.2, 0.25) is 5.28 Å². The summed E-state index contributed by atoms with van der Waals surface area (Å²) in [6.07, 6.45) is 3.94. The van der Waals surface area contributed by atoms with Crippen LogP contribution < -0.4 is 4.90 Å². The second-order valence-corrected chi connectivity index (χ2v) is 9.57. The van der Waals surface area contributed by atoms with Crippen LogP contribution in [0.25, 0.3) is 0 Å². The zero-order valence-electron chi connectivity index (χ0n) is 17.0. The molecule has 0 bridgehead atoms. The molecule has 0 radical (unpaired) electrons. The highest BCUT2D eigenvalue weighted by Crippen LogP contribution is 2.51. The van der Waals surface area contributed by atoms with Gasteiger partial charge in [-0.3, -0.25) is 0 Å². The molecule has 1 aliphatic heterocycles. The summed E-state index contributed by atoms with van der Waals surface area (Å²) in [4.78, 5) is 22.3. The SMILES string of the molecule is C[C@]1(CC=O)C[C@H](c2cccc(Cl)c2)C(c2ccc(Cl)cc2)N(c2ccnc(Cl)n2)C1. The molecule has 0 saturated carbocycles. The van der Waals surface area contributed by atoms with Crippen LogP contribution in [-0.4, -0.2) is 22.8 Å². The number of hydrogen-bond donors (Lipinski definition) is 0. The number of hydrogen-bond acceptors (Lipinski definition) is 4. The number of carbonyl (C=O) groups is 1. The van der Waals surface area contributed by atoms with Crippen LogP contribution in [0.2, 0.25) is 15.3 Å². The fraction of sp³-hybridized carbons (Fsp3) is 0.292. The van der Waals surface area contributed by atoms with Gasteiger partial charge < -0.3 is 9.69 Å². The lowest BCUT2D eigenvalue weighted by atomic mass is 9.68. The number of carbonyl (C=O) groups excluding carboxylic acids is 1. The Hall–Kier alpha value is -2.14. The van der Waals surface area contributed by atoms with E-state index in [2.05, 4.69) is 27.9 Å². The Morgan fingerprint density at radius 1 is 1.06 bits per heavy atom. The summed E-state index contributed by atoms with van der Waals surface area (Å²) in [6, 6.07) is 17.6. The second kappa shape index (κ2) is 9.15. The zero-order valence-corrected chi connectivity index (χ0v) is 19.3. The van der Waals surface area contributed by atoms with E-state index >= 15 is 0 Å². The Labute approximate surface area is 197 Å². The molecule has 2 heterocycles. The summed E-state index contributed by atoms with van der Waals surface area (Å²) in [5.41, 5.74) is 1.99. The maximum atomic E-state index is 11.6. The van der Waals surface area contributed by atoms with Crippen LogP contribution in [-0.2, 0) is 4.79 Å². The van der Waals surface area contributed by atoms with Crippen molar-refractivity contribution in [2.45, 2.75) is 31.7 Å². The van der Waals surface area contributed by atoms with Crippen molar-refractivity contribution in [1.29, 1.82) is 0 Å². The quantitative estimate of drug-likeness (QED) is 0.302. The lowest BCUT2D eigenvalue weighted by molar-refractivity contribution is -0.109. The van der Waals surface area contributed by atoms with Crippen LogP contribution in [0.1, 0.15) is 42.9 Å². The van der Waals surface area contributed by atoms with E-state index < -0.39 is 0 Å². The smallest absolute Gasteiger partial charge is 0.224 e. The third-order valence-corrected chi connectivity index (χ3v) is 6.62. The van der Waals surface area contributed by atoms with E-state index in [4.69, 9.17) is 34.8 Å². The van der Waals surface area contributed by atoms with E-state index in [1.54, 1.807) is 6.20 Å². The number of rotatable bonds is 5. The maximum Gasteiger partial charge on any atom is 0.224 e. The van der Waals surface area contributed by atoms with Gasteiger partial charge in [-0.25, -0.2) is 9.97 Å². The number of benzene rings is 2. The molecule has 0 N–H and O–H groups in total. The lowest BCUT2D eigenvalue weighted by Crippen LogP contribution is -2.48. The Kier molecular flexibility index (Phi) is 6.52. The number of halogens is 3. The van der Waals surface area contributed by atoms with E-state index in [-0.39, 0.29) is 22.7 Å². The van der Waals surface area contributed by atoms with Crippen molar-refractivity contribution < 1.29 is 4.79 Å². The molecular formula is C24H22Cl3N3O. The third kappa shape index (κ3) is 4.87. The molecule has 3 atom stereocenters. The molecule has 1 aromatic heterocycles. The summed E-state index contributed by atoms with van der Waals surface area (Å²) in [7, 11) is 0. The van der Waals surface area contributed by atoms with Crippen LogP contribution in [0, 0.1) is 5.41 Å². The Bertz CT molecular complexity index is 1020. The van der Waals surface area contributed by atoms with Gasteiger partial charge in [0.15, 0.2) is 0 Å². The summed E-state index contributed by atoms with van der Waals surface area (Å²) < 4.78 is 0. The van der Waals surface area contributed by atoms with Crippen molar-refractivity contribution in [2.75, 3.05) is 11.4 Å². The van der Waals surface area contributed by atoms with Crippen molar-refractivity contribution in [2.24, 2.45) is 5.41 Å². The highest BCUT2D eigenvalue weighted by Gasteiger charge is 2.44. The number of piperidine rings is 1. The second-order valence-electron chi connectivity index (χ2n) is 8.36. The first-order chi connectivity index (χ1) is 14.9. The largest absolute Gasteiger partial charge is 0.348 e. The van der Waals surface area contributed by atoms with Crippen LogP contribution in [0.4, 0.5) is 5.82 Å². The van der Waals surface area contributed by atoms with Gasteiger partial charge in [-0.05, 0) is 64.9 Å². The minimum absolute atomic E-state index is 0.0403. The van der Waals surface area contributed by atoms with Gasteiger partial charge in [-0.2, -0.15) is 0 Å². The Morgan fingerprint density at radius 2 is 1.84 bits per heavy atom. The Morgan fingerprint density at radius 3 is 2.52 bits per heavy atom. The monoisotopic (exact) mass is 473 g/mol. The predicted molar refractivity (Wildman–Crippen MR) is 126 cm³/mol. The minimum atomic E-state index is -0.241. The maximum absolute atomic E-state index is 11.6. The van der Waals surface area contributed by atoms with E-state index in [0.717, 1.165) is 29.7 Å². The van der Waals surface area contributed by atoms with Gasteiger partial charge in [-0.1, -0.05) is 54.4 Å². The Balaban J connectivity index is 1.89. The molecule has 2 aromatic carbocycles. The molecule has 4 nitrogen and oxygen atoms in total. The molecule has 0 amide bonds. The molecule has 1 unspecified atom stereocenters. The average molecular weight is 475 g/mol. The molecule has 4 rings (SSSR count). The molecule has 7 heteroatoms. The van der Waals surface area contributed by atoms with Gasteiger partial charge in [0.1, 0.15) is 12.1 Å². The summed E-state index contributed by atoms with van der Waals surface area (Å²) in [5.74, 6) is 0.802. The van der Waals surface area contributed by atoms with E-state index in [1.807, 2.05) is 48.5 Å². The van der Waals surface area contributed by atoms with Crippen LogP contribution in [0.15, 0.2) is 60.8 Å². The van der Waals surface area contributed by atoms with Crippen LogP contribution in [0.5, 0.6) is 0 Å². The van der Waals surface area contributed by atoms with Crippen molar-refractivity contribution in [3.8, 4) is 0 Å². The van der Waals surface area contributed by atoms with Gasteiger partial charge in [0.05, 0.1) is 6.04 Å².